The van der Waals surface area contributed by atoms with E-state index < -0.39 is 11.4 Å². The summed E-state index contributed by atoms with van der Waals surface area (Å²) < 4.78 is 11.9. The first-order valence-corrected chi connectivity index (χ1v) is 13.8. The van der Waals surface area contributed by atoms with Crippen molar-refractivity contribution in [1.29, 1.82) is 0 Å². The summed E-state index contributed by atoms with van der Waals surface area (Å²) >= 11 is 0. The molecule has 0 aliphatic carbocycles. The zero-order chi connectivity index (χ0) is 29.2. The second-order valence-corrected chi connectivity index (χ2v) is 12.7. The maximum absolute atomic E-state index is 13.0. The van der Waals surface area contributed by atoms with Crippen LogP contribution in [0.3, 0.4) is 0 Å². The third kappa shape index (κ3) is 7.17. The van der Waals surface area contributed by atoms with E-state index in [0.29, 0.717) is 16.9 Å². The Kier molecular flexibility index (Phi) is 8.79. The Balaban J connectivity index is 1.81. The van der Waals surface area contributed by atoms with Crippen LogP contribution in [0.4, 0.5) is 0 Å². The third-order valence-corrected chi connectivity index (χ3v) is 7.26. The number of benzene rings is 3. The molecular weight excluding hydrogens is 484 g/mol. The van der Waals surface area contributed by atoms with Gasteiger partial charge < -0.3 is 9.47 Å². The first-order chi connectivity index (χ1) is 18.0. The van der Waals surface area contributed by atoms with Crippen LogP contribution in [0.2, 0.25) is 0 Å². The molecule has 39 heavy (non-hydrogen) atoms. The SMILES string of the molecule is CCCC(C)(C)C(=O)c1cccc(C(=O)Oc2ccc(C(C)(C)c3ccc(OC(C)(C)C)c(C)c3)cc2C)c1. The number of aryl methyl sites for hydroxylation is 2. The summed E-state index contributed by atoms with van der Waals surface area (Å²) in [5, 5.41) is 0. The Morgan fingerprint density at radius 2 is 1.26 bits per heavy atom. The van der Waals surface area contributed by atoms with Crippen molar-refractivity contribution in [1.82, 2.24) is 0 Å². The molecular formula is C35H44O4. The molecule has 4 heteroatoms. The van der Waals surface area contributed by atoms with Gasteiger partial charge in [0.05, 0.1) is 5.56 Å². The molecule has 0 amide bonds. The largest absolute Gasteiger partial charge is 0.488 e. The molecule has 3 aromatic carbocycles. The molecule has 0 aromatic heterocycles. The van der Waals surface area contributed by atoms with Gasteiger partial charge in [-0.2, -0.15) is 0 Å². The van der Waals surface area contributed by atoms with Crippen molar-refractivity contribution in [2.45, 2.75) is 93.1 Å². The Hall–Kier alpha value is -3.40. The number of carbonyl (C=O) groups is 2. The molecule has 0 heterocycles. The van der Waals surface area contributed by atoms with Crippen molar-refractivity contribution in [2.24, 2.45) is 5.41 Å². The first kappa shape index (κ1) is 30.1. The van der Waals surface area contributed by atoms with E-state index in [2.05, 4.69) is 45.9 Å². The van der Waals surface area contributed by atoms with Gasteiger partial charge in [-0.05, 0) is 87.6 Å². The van der Waals surface area contributed by atoms with Gasteiger partial charge in [-0.1, -0.05) is 77.4 Å². The van der Waals surface area contributed by atoms with Crippen LogP contribution in [-0.4, -0.2) is 17.4 Å². The smallest absolute Gasteiger partial charge is 0.343 e. The van der Waals surface area contributed by atoms with Crippen LogP contribution in [0.5, 0.6) is 11.5 Å². The second-order valence-electron chi connectivity index (χ2n) is 12.7. The van der Waals surface area contributed by atoms with Crippen molar-refractivity contribution in [3.8, 4) is 11.5 Å². The quantitative estimate of drug-likeness (QED) is 0.158. The summed E-state index contributed by atoms with van der Waals surface area (Å²) in [6.45, 7) is 20.5. The van der Waals surface area contributed by atoms with Crippen molar-refractivity contribution in [2.75, 3.05) is 0 Å². The molecule has 0 aliphatic heterocycles. The Morgan fingerprint density at radius 3 is 1.77 bits per heavy atom. The molecule has 0 radical (unpaired) electrons. The van der Waals surface area contributed by atoms with Gasteiger partial charge in [0.1, 0.15) is 17.1 Å². The van der Waals surface area contributed by atoms with Gasteiger partial charge in [0.15, 0.2) is 5.78 Å². The fraction of sp³-hybridized carbons (Fsp3) is 0.429. The van der Waals surface area contributed by atoms with Crippen molar-refractivity contribution >= 4 is 11.8 Å². The highest BCUT2D eigenvalue weighted by atomic mass is 16.5. The Labute approximate surface area is 234 Å². The molecule has 3 aromatic rings. The second kappa shape index (κ2) is 11.4. The summed E-state index contributed by atoms with van der Waals surface area (Å²) in [6, 6.07) is 19.1. The van der Waals surface area contributed by atoms with Crippen LogP contribution in [0, 0.1) is 19.3 Å². The zero-order valence-corrected chi connectivity index (χ0v) is 25.3. The number of carbonyl (C=O) groups excluding carboxylic acids is 2. The minimum absolute atomic E-state index is 0.0370. The molecule has 0 N–H and O–H groups in total. The molecule has 4 nitrogen and oxygen atoms in total. The molecule has 0 saturated heterocycles. The van der Waals surface area contributed by atoms with Crippen molar-refractivity contribution < 1.29 is 19.1 Å². The first-order valence-electron chi connectivity index (χ1n) is 13.8. The van der Waals surface area contributed by atoms with Crippen LogP contribution < -0.4 is 9.47 Å². The van der Waals surface area contributed by atoms with E-state index >= 15 is 0 Å². The summed E-state index contributed by atoms with van der Waals surface area (Å²) in [5.74, 6) is 0.959. The van der Waals surface area contributed by atoms with E-state index in [0.717, 1.165) is 35.3 Å². The van der Waals surface area contributed by atoms with Gasteiger partial charge >= 0.3 is 5.97 Å². The van der Waals surface area contributed by atoms with Gasteiger partial charge in [-0.3, -0.25) is 4.79 Å². The summed E-state index contributed by atoms with van der Waals surface area (Å²) in [7, 11) is 0. The van der Waals surface area contributed by atoms with Crippen molar-refractivity contribution in [3.05, 3.63) is 94.0 Å². The normalized spacial score (nSPS) is 12.3. The molecule has 0 aliphatic rings. The number of ether oxygens (including phenoxy) is 2. The molecule has 208 valence electrons. The molecule has 0 spiro atoms. The predicted octanol–water partition coefficient (Wildman–Crippen LogP) is 9.03. The van der Waals surface area contributed by atoms with Crippen LogP contribution >= 0.6 is 0 Å². The van der Waals surface area contributed by atoms with Crippen molar-refractivity contribution in [3.63, 3.8) is 0 Å². The monoisotopic (exact) mass is 528 g/mol. The average molecular weight is 529 g/mol. The predicted molar refractivity (Wildman–Crippen MR) is 159 cm³/mol. The average Bonchev–Trinajstić information content (AvgIpc) is 2.85. The lowest BCUT2D eigenvalue weighted by molar-refractivity contribution is 0.0733. The number of rotatable bonds is 9. The van der Waals surface area contributed by atoms with Gasteiger partial charge in [0.25, 0.3) is 0 Å². The summed E-state index contributed by atoms with van der Waals surface area (Å²) in [5.41, 5.74) is 4.16. The standard InChI is InChI=1S/C35H44O4/c1-11-19-34(7,8)31(36)25-13-12-14-26(22-25)32(37)38-29-17-15-27(20-23(29)2)35(9,10)28-16-18-30(24(3)21-28)39-33(4,5)6/h12-18,20-22H,11,19H2,1-10H3. The molecule has 0 atom stereocenters. The van der Waals surface area contributed by atoms with Crippen LogP contribution in [0.1, 0.15) is 111 Å². The highest BCUT2D eigenvalue weighted by Gasteiger charge is 2.29. The minimum atomic E-state index is -0.477. The highest BCUT2D eigenvalue weighted by molar-refractivity contribution is 6.02. The minimum Gasteiger partial charge on any atom is -0.488 e. The third-order valence-electron chi connectivity index (χ3n) is 7.26. The maximum Gasteiger partial charge on any atom is 0.343 e. The fourth-order valence-electron chi connectivity index (χ4n) is 4.88. The van der Waals surface area contributed by atoms with E-state index in [-0.39, 0.29) is 16.8 Å². The molecule has 0 saturated carbocycles. The molecule has 0 fully saturated rings. The summed E-state index contributed by atoms with van der Waals surface area (Å²) in [4.78, 5) is 26.1. The number of ketones is 1. The van der Waals surface area contributed by atoms with Gasteiger partial charge in [-0.25, -0.2) is 4.79 Å². The highest BCUT2D eigenvalue weighted by Crippen LogP contribution is 2.36. The topological polar surface area (TPSA) is 52.6 Å². The number of Topliss-reactive ketones (excluding diaryl/α,β-unsaturated/α-hetero) is 1. The van der Waals surface area contributed by atoms with Gasteiger partial charge in [-0.15, -0.1) is 0 Å². The lowest BCUT2D eigenvalue weighted by Gasteiger charge is -2.29. The zero-order valence-electron chi connectivity index (χ0n) is 25.3. The molecule has 0 bridgehead atoms. The molecule has 0 unspecified atom stereocenters. The Bertz CT molecular complexity index is 1360. The van der Waals surface area contributed by atoms with Crippen LogP contribution in [0.25, 0.3) is 0 Å². The maximum atomic E-state index is 13.0. The van der Waals surface area contributed by atoms with E-state index in [9.17, 15) is 9.59 Å². The van der Waals surface area contributed by atoms with E-state index in [1.54, 1.807) is 24.3 Å². The lowest BCUT2D eigenvalue weighted by Crippen LogP contribution is -2.24. The van der Waals surface area contributed by atoms with E-state index in [1.165, 1.54) is 5.56 Å². The van der Waals surface area contributed by atoms with Gasteiger partial charge in [0, 0.05) is 16.4 Å². The number of hydrogen-bond acceptors (Lipinski definition) is 4. The Morgan fingerprint density at radius 1 is 0.718 bits per heavy atom. The van der Waals surface area contributed by atoms with E-state index in [4.69, 9.17) is 9.47 Å². The lowest BCUT2D eigenvalue weighted by atomic mass is 9.77. The molecule has 3 rings (SSSR count). The van der Waals surface area contributed by atoms with Crippen LogP contribution in [0.15, 0.2) is 60.7 Å². The van der Waals surface area contributed by atoms with E-state index in [1.807, 2.05) is 59.7 Å². The number of esters is 1. The fourth-order valence-corrected chi connectivity index (χ4v) is 4.88. The van der Waals surface area contributed by atoms with Crippen LogP contribution in [-0.2, 0) is 5.41 Å². The number of hydrogen-bond donors (Lipinski definition) is 0. The van der Waals surface area contributed by atoms with Gasteiger partial charge in [0.2, 0.25) is 0 Å². The summed E-state index contributed by atoms with van der Waals surface area (Å²) in [6.07, 6.45) is 1.71.